The van der Waals surface area contributed by atoms with E-state index in [0.717, 1.165) is 0 Å². The molecule has 0 amide bonds. The van der Waals surface area contributed by atoms with Crippen LogP contribution in [-0.4, -0.2) is 23.9 Å². The maximum atomic E-state index is 12.5. The summed E-state index contributed by atoms with van der Waals surface area (Å²) in [6.07, 6.45) is 0.965. The highest BCUT2D eigenvalue weighted by atomic mass is 79.9. The molecule has 1 rings (SSSR count). The highest BCUT2D eigenvalue weighted by molar-refractivity contribution is 9.12. The fourth-order valence-corrected chi connectivity index (χ4v) is 2.03. The maximum Gasteiger partial charge on any atom is 0.264 e. The zero-order valence-electron chi connectivity index (χ0n) is 9.17. The molecular weight excluding hydrogens is 264 g/mol. The molecule has 0 aliphatic carbocycles. The highest BCUT2D eigenvalue weighted by Gasteiger charge is 2.22. The average molecular weight is 280 g/mol. The van der Waals surface area contributed by atoms with E-state index in [0.29, 0.717) is 23.0 Å². The van der Waals surface area contributed by atoms with Crippen molar-refractivity contribution in [3.05, 3.63) is 22.3 Å². The molecule has 15 heavy (non-hydrogen) atoms. The quantitative estimate of drug-likeness (QED) is 0.760. The van der Waals surface area contributed by atoms with E-state index >= 15 is 0 Å². The minimum absolute atomic E-state index is 0.0993. The number of alkyl halides is 2. The van der Waals surface area contributed by atoms with Crippen molar-refractivity contribution in [2.45, 2.75) is 33.2 Å². The smallest absolute Gasteiger partial charge is 0.264 e. The second kappa shape index (κ2) is 5.10. The van der Waals surface area contributed by atoms with Crippen LogP contribution in [-0.2, 0) is 0 Å². The molecule has 0 aromatic carbocycles. The van der Waals surface area contributed by atoms with Gasteiger partial charge in [0.15, 0.2) is 0 Å². The Morgan fingerprint density at radius 1 is 1.33 bits per heavy atom. The third-order valence-electron chi connectivity index (χ3n) is 2.80. The van der Waals surface area contributed by atoms with E-state index in [-0.39, 0.29) is 5.57 Å². The largest absolute Gasteiger partial charge is 0.370 e. The Morgan fingerprint density at radius 3 is 2.33 bits per heavy atom. The lowest BCUT2D eigenvalue weighted by Crippen LogP contribution is -2.34. The first-order valence-electron chi connectivity index (χ1n) is 5.05. The molecule has 86 valence electrons. The summed E-state index contributed by atoms with van der Waals surface area (Å²) in [4.78, 5) is 2.07. The number of hydrogen-bond acceptors (Lipinski definition) is 1. The van der Waals surface area contributed by atoms with E-state index in [1.807, 2.05) is 0 Å². The number of hydrogen-bond donors (Lipinski definition) is 0. The number of rotatable bonds is 3. The second-order valence-corrected chi connectivity index (χ2v) is 4.97. The monoisotopic (exact) mass is 279 g/mol. The van der Waals surface area contributed by atoms with Crippen LogP contribution in [0.15, 0.2) is 22.3 Å². The molecule has 0 radical (unpaired) electrons. The molecule has 0 bridgehead atoms. The van der Waals surface area contributed by atoms with Gasteiger partial charge in [-0.15, -0.1) is 0 Å². The van der Waals surface area contributed by atoms with Gasteiger partial charge in [0, 0.05) is 28.8 Å². The van der Waals surface area contributed by atoms with Crippen LogP contribution in [0.4, 0.5) is 8.78 Å². The van der Waals surface area contributed by atoms with Crippen molar-refractivity contribution in [1.29, 1.82) is 0 Å². The summed E-state index contributed by atoms with van der Waals surface area (Å²) in [5.74, 6) is 0.503. The van der Waals surface area contributed by atoms with Gasteiger partial charge in [0.1, 0.15) is 0 Å². The first-order valence-corrected chi connectivity index (χ1v) is 5.84. The van der Waals surface area contributed by atoms with Crippen LogP contribution < -0.4 is 0 Å². The Labute approximate surface area is 98.0 Å². The number of allylic oxidation sites excluding steroid dienone is 2. The van der Waals surface area contributed by atoms with E-state index in [9.17, 15) is 8.78 Å². The Hall–Kier alpha value is -0.380. The molecule has 0 spiro atoms. The first-order chi connectivity index (χ1) is 6.93. The first kappa shape index (κ1) is 12.7. The molecule has 1 nitrogen and oxygen atoms in total. The van der Waals surface area contributed by atoms with Crippen LogP contribution in [0.1, 0.15) is 20.8 Å². The van der Waals surface area contributed by atoms with E-state index in [1.54, 1.807) is 12.3 Å². The van der Waals surface area contributed by atoms with Crippen LogP contribution in [0.3, 0.4) is 0 Å². The van der Waals surface area contributed by atoms with Crippen LogP contribution in [0.5, 0.6) is 0 Å². The van der Waals surface area contributed by atoms with Gasteiger partial charge in [-0.2, -0.15) is 0 Å². The molecule has 0 fully saturated rings. The van der Waals surface area contributed by atoms with Crippen LogP contribution >= 0.6 is 15.9 Å². The number of nitrogens with zero attached hydrogens (tertiary/aromatic N) is 1. The minimum Gasteiger partial charge on any atom is -0.370 e. The summed E-state index contributed by atoms with van der Waals surface area (Å²) < 4.78 is 25.5. The standard InChI is InChI=1S/C11H16BrF2N/c1-7(2)8(3)15-5-4-9(11(13)14)10(12)6-15/h4,6-8,11H,5H2,1-3H3/t8-/m1/s1. The molecule has 1 heterocycles. The normalized spacial score (nSPS) is 19.3. The van der Waals surface area contributed by atoms with E-state index < -0.39 is 6.43 Å². The summed E-state index contributed by atoms with van der Waals surface area (Å²) in [5.41, 5.74) is 0.0993. The summed E-state index contributed by atoms with van der Waals surface area (Å²) >= 11 is 3.18. The number of halogens is 3. The van der Waals surface area contributed by atoms with Crippen molar-refractivity contribution in [1.82, 2.24) is 4.90 Å². The highest BCUT2D eigenvalue weighted by Crippen LogP contribution is 2.28. The third kappa shape index (κ3) is 3.03. The average Bonchev–Trinajstić information content (AvgIpc) is 2.15. The molecule has 0 N–H and O–H groups in total. The van der Waals surface area contributed by atoms with Gasteiger partial charge in [-0.05, 0) is 28.8 Å². The summed E-state index contributed by atoms with van der Waals surface area (Å²) in [6.45, 7) is 6.91. The summed E-state index contributed by atoms with van der Waals surface area (Å²) in [5, 5.41) is 0. The lowest BCUT2D eigenvalue weighted by Gasteiger charge is -2.32. The molecule has 0 aromatic heterocycles. The SMILES string of the molecule is CC(C)[C@@H](C)N1C=C(Br)C(C(F)F)=CC1. The maximum absolute atomic E-state index is 12.5. The topological polar surface area (TPSA) is 3.24 Å². The summed E-state index contributed by atoms with van der Waals surface area (Å²) in [7, 11) is 0. The predicted octanol–water partition coefficient (Wildman–Crippen LogP) is 3.77. The Kier molecular flexibility index (Phi) is 4.32. The Bertz CT molecular complexity index is 284. The molecule has 0 saturated heterocycles. The third-order valence-corrected chi connectivity index (χ3v) is 3.46. The van der Waals surface area contributed by atoms with Gasteiger partial charge in [0.25, 0.3) is 6.43 Å². The van der Waals surface area contributed by atoms with E-state index in [1.165, 1.54) is 0 Å². The fraction of sp³-hybridized carbons (Fsp3) is 0.636. The van der Waals surface area contributed by atoms with Gasteiger partial charge in [0.05, 0.1) is 0 Å². The van der Waals surface area contributed by atoms with Gasteiger partial charge in [0.2, 0.25) is 0 Å². The Morgan fingerprint density at radius 2 is 1.93 bits per heavy atom. The van der Waals surface area contributed by atoms with Crippen molar-refractivity contribution >= 4 is 15.9 Å². The van der Waals surface area contributed by atoms with Gasteiger partial charge in [-0.25, -0.2) is 8.78 Å². The molecule has 1 aliphatic rings. The van der Waals surface area contributed by atoms with Gasteiger partial charge >= 0.3 is 0 Å². The lowest BCUT2D eigenvalue weighted by atomic mass is 10.0. The van der Waals surface area contributed by atoms with Crippen molar-refractivity contribution in [2.24, 2.45) is 5.92 Å². The van der Waals surface area contributed by atoms with Crippen LogP contribution in [0, 0.1) is 5.92 Å². The lowest BCUT2D eigenvalue weighted by molar-refractivity contribution is 0.188. The van der Waals surface area contributed by atoms with Crippen molar-refractivity contribution in [3.8, 4) is 0 Å². The van der Waals surface area contributed by atoms with Crippen molar-refractivity contribution in [3.63, 3.8) is 0 Å². The van der Waals surface area contributed by atoms with Crippen LogP contribution in [0.25, 0.3) is 0 Å². The van der Waals surface area contributed by atoms with Gasteiger partial charge < -0.3 is 4.90 Å². The van der Waals surface area contributed by atoms with Crippen molar-refractivity contribution in [2.75, 3.05) is 6.54 Å². The molecular formula is C11H16BrF2N. The molecule has 1 aliphatic heterocycles. The minimum atomic E-state index is -2.40. The molecule has 0 saturated carbocycles. The molecule has 4 heteroatoms. The van der Waals surface area contributed by atoms with Crippen LogP contribution in [0.2, 0.25) is 0 Å². The Balaban J connectivity index is 2.74. The zero-order valence-corrected chi connectivity index (χ0v) is 10.8. The van der Waals surface area contributed by atoms with E-state index in [4.69, 9.17) is 0 Å². The van der Waals surface area contributed by atoms with Gasteiger partial charge in [-0.3, -0.25) is 0 Å². The molecule has 0 aromatic rings. The zero-order chi connectivity index (χ0) is 11.6. The predicted molar refractivity (Wildman–Crippen MR) is 62.1 cm³/mol. The molecule has 0 unspecified atom stereocenters. The van der Waals surface area contributed by atoms with Gasteiger partial charge in [-0.1, -0.05) is 19.9 Å². The fourth-order valence-electron chi connectivity index (χ4n) is 1.43. The van der Waals surface area contributed by atoms with Crippen molar-refractivity contribution < 1.29 is 8.78 Å². The summed E-state index contributed by atoms with van der Waals surface area (Å²) in [6, 6.07) is 0.355. The molecule has 1 atom stereocenters. The second-order valence-electron chi connectivity index (χ2n) is 4.12. The van der Waals surface area contributed by atoms with E-state index in [2.05, 4.69) is 41.6 Å².